The van der Waals surface area contributed by atoms with Gasteiger partial charge in [-0.2, -0.15) is 0 Å². The maximum atomic E-state index is 10.8. The zero-order valence-corrected chi connectivity index (χ0v) is 12.0. The first kappa shape index (κ1) is 13.7. The maximum Gasteiger partial charge on any atom is 0.271 e. The number of non-ortho nitro benzene ring substituents is 1. The molecule has 0 radical (unpaired) electrons. The van der Waals surface area contributed by atoms with Crippen molar-refractivity contribution in [2.45, 2.75) is 0 Å². The van der Waals surface area contributed by atoms with Crippen LogP contribution in [0.1, 0.15) is 0 Å². The second-order valence-corrected chi connectivity index (χ2v) is 5.04. The average Bonchev–Trinajstić information content (AvgIpc) is 2.47. The fourth-order valence-corrected chi connectivity index (χ4v) is 2.42. The number of aromatic nitrogens is 2. The van der Waals surface area contributed by atoms with Crippen LogP contribution in [0.15, 0.2) is 42.5 Å². The van der Waals surface area contributed by atoms with Crippen LogP contribution in [-0.4, -0.2) is 14.9 Å². The van der Waals surface area contributed by atoms with E-state index in [1.807, 2.05) is 0 Å². The minimum atomic E-state index is -0.482. The fraction of sp³-hybridized carbons (Fsp3) is 0. The molecule has 104 valence electrons. The van der Waals surface area contributed by atoms with Gasteiger partial charge in [0.25, 0.3) is 5.69 Å². The van der Waals surface area contributed by atoms with Crippen molar-refractivity contribution in [1.82, 2.24) is 9.97 Å². The number of nitro groups is 1. The van der Waals surface area contributed by atoms with Gasteiger partial charge in [-0.05, 0) is 18.2 Å². The van der Waals surface area contributed by atoms with Crippen molar-refractivity contribution in [3.05, 3.63) is 62.8 Å². The van der Waals surface area contributed by atoms with Crippen LogP contribution in [0.3, 0.4) is 0 Å². The second kappa shape index (κ2) is 5.27. The molecular formula is C14H7Cl2N3O2. The van der Waals surface area contributed by atoms with Gasteiger partial charge in [0.2, 0.25) is 0 Å². The highest BCUT2D eigenvalue weighted by molar-refractivity contribution is 6.35. The summed E-state index contributed by atoms with van der Waals surface area (Å²) in [5.74, 6) is 0.332. The summed E-state index contributed by atoms with van der Waals surface area (Å²) < 4.78 is 0. The molecule has 0 amide bonds. The first-order valence-electron chi connectivity index (χ1n) is 5.93. The van der Waals surface area contributed by atoms with E-state index in [2.05, 4.69) is 9.97 Å². The van der Waals surface area contributed by atoms with E-state index in [9.17, 15) is 10.1 Å². The highest BCUT2D eigenvalue weighted by Gasteiger charge is 2.13. The molecule has 0 aliphatic rings. The van der Waals surface area contributed by atoms with Crippen LogP contribution < -0.4 is 0 Å². The average molecular weight is 320 g/mol. The molecule has 2 aromatic carbocycles. The molecule has 7 heteroatoms. The van der Waals surface area contributed by atoms with Gasteiger partial charge in [0.05, 0.1) is 15.5 Å². The van der Waals surface area contributed by atoms with Crippen molar-refractivity contribution in [2.75, 3.05) is 0 Å². The molecule has 0 N–H and O–H groups in total. The van der Waals surface area contributed by atoms with Gasteiger partial charge in [-0.25, -0.2) is 9.97 Å². The third-order valence-corrected chi connectivity index (χ3v) is 3.58. The molecule has 1 aromatic heterocycles. The van der Waals surface area contributed by atoms with Crippen molar-refractivity contribution in [3.8, 4) is 11.4 Å². The van der Waals surface area contributed by atoms with Crippen LogP contribution in [0, 0.1) is 10.1 Å². The number of rotatable bonds is 2. The largest absolute Gasteiger partial charge is 0.271 e. The summed E-state index contributed by atoms with van der Waals surface area (Å²) in [6.07, 6.45) is 0. The molecular weight excluding hydrogens is 313 g/mol. The summed E-state index contributed by atoms with van der Waals surface area (Å²) in [6.45, 7) is 0. The van der Waals surface area contributed by atoms with Gasteiger partial charge in [-0.15, -0.1) is 0 Å². The standard InChI is InChI=1S/C14H7Cl2N3O2/c15-11-4-2-1-3-9(11)14-17-12-7-8(19(20)21)5-6-10(12)13(16)18-14/h1-7H. The summed E-state index contributed by atoms with van der Waals surface area (Å²) in [4.78, 5) is 18.9. The third kappa shape index (κ3) is 2.53. The Morgan fingerprint density at radius 2 is 1.81 bits per heavy atom. The van der Waals surface area contributed by atoms with E-state index in [1.165, 1.54) is 18.2 Å². The monoisotopic (exact) mass is 319 g/mol. The van der Waals surface area contributed by atoms with E-state index in [4.69, 9.17) is 23.2 Å². The van der Waals surface area contributed by atoms with Crippen LogP contribution in [0.4, 0.5) is 5.69 Å². The van der Waals surface area contributed by atoms with Crippen molar-refractivity contribution in [1.29, 1.82) is 0 Å². The fourth-order valence-electron chi connectivity index (χ4n) is 1.96. The molecule has 1 heterocycles. The van der Waals surface area contributed by atoms with Crippen LogP contribution in [0.2, 0.25) is 10.2 Å². The summed E-state index contributed by atoms with van der Waals surface area (Å²) in [7, 11) is 0. The Hall–Kier alpha value is -2.24. The van der Waals surface area contributed by atoms with Crippen molar-refractivity contribution >= 4 is 39.8 Å². The van der Waals surface area contributed by atoms with Crippen molar-refractivity contribution in [2.24, 2.45) is 0 Å². The van der Waals surface area contributed by atoms with E-state index in [0.717, 1.165) is 0 Å². The van der Waals surface area contributed by atoms with Gasteiger partial charge in [0, 0.05) is 23.1 Å². The van der Waals surface area contributed by atoms with Crippen molar-refractivity contribution in [3.63, 3.8) is 0 Å². The summed E-state index contributed by atoms with van der Waals surface area (Å²) in [5.41, 5.74) is 0.968. The molecule has 0 bridgehead atoms. The zero-order chi connectivity index (χ0) is 15.0. The Balaban J connectivity index is 2.26. The second-order valence-electron chi connectivity index (χ2n) is 4.28. The summed E-state index contributed by atoms with van der Waals surface area (Å²) in [6, 6.07) is 11.3. The number of hydrogen-bond acceptors (Lipinski definition) is 4. The third-order valence-electron chi connectivity index (χ3n) is 2.96. The smallest absolute Gasteiger partial charge is 0.258 e. The Labute approximate surface area is 129 Å². The number of benzene rings is 2. The predicted molar refractivity (Wildman–Crippen MR) is 81.6 cm³/mol. The molecule has 5 nitrogen and oxygen atoms in total. The molecule has 0 saturated heterocycles. The van der Waals surface area contributed by atoms with Crippen LogP contribution in [0.5, 0.6) is 0 Å². The lowest BCUT2D eigenvalue weighted by Gasteiger charge is -2.06. The molecule has 21 heavy (non-hydrogen) atoms. The van der Waals surface area contributed by atoms with E-state index in [-0.39, 0.29) is 10.8 Å². The zero-order valence-electron chi connectivity index (χ0n) is 10.5. The lowest BCUT2D eigenvalue weighted by atomic mass is 10.2. The van der Waals surface area contributed by atoms with Gasteiger partial charge >= 0.3 is 0 Å². The lowest BCUT2D eigenvalue weighted by Crippen LogP contribution is -1.94. The summed E-state index contributed by atoms with van der Waals surface area (Å²) in [5, 5.41) is 12.1. The molecule has 0 unspecified atom stereocenters. The van der Waals surface area contributed by atoms with Gasteiger partial charge in [0.1, 0.15) is 5.15 Å². The van der Waals surface area contributed by atoms with E-state index >= 15 is 0 Å². The van der Waals surface area contributed by atoms with Gasteiger partial charge in [-0.1, -0.05) is 35.3 Å². The Morgan fingerprint density at radius 3 is 2.52 bits per heavy atom. The molecule has 0 fully saturated rings. The lowest BCUT2D eigenvalue weighted by molar-refractivity contribution is -0.384. The molecule has 0 saturated carbocycles. The first-order chi connectivity index (χ1) is 10.1. The summed E-state index contributed by atoms with van der Waals surface area (Å²) >= 11 is 12.2. The minimum Gasteiger partial charge on any atom is -0.258 e. The molecule has 3 rings (SSSR count). The number of fused-ring (bicyclic) bond motifs is 1. The van der Waals surface area contributed by atoms with E-state index in [1.54, 1.807) is 24.3 Å². The molecule has 0 aliphatic heterocycles. The Morgan fingerprint density at radius 1 is 1.05 bits per heavy atom. The van der Waals surface area contributed by atoms with Crippen LogP contribution in [0.25, 0.3) is 22.3 Å². The van der Waals surface area contributed by atoms with Gasteiger partial charge in [-0.3, -0.25) is 10.1 Å². The van der Waals surface area contributed by atoms with E-state index < -0.39 is 4.92 Å². The normalized spacial score (nSPS) is 10.8. The molecule has 0 atom stereocenters. The van der Waals surface area contributed by atoms with Crippen LogP contribution in [-0.2, 0) is 0 Å². The topological polar surface area (TPSA) is 68.9 Å². The number of nitro benzene ring substituents is 1. The Bertz CT molecular complexity index is 868. The quantitative estimate of drug-likeness (QED) is 0.396. The van der Waals surface area contributed by atoms with Crippen molar-refractivity contribution < 1.29 is 4.92 Å². The van der Waals surface area contributed by atoms with Crippen LogP contribution >= 0.6 is 23.2 Å². The maximum absolute atomic E-state index is 10.8. The first-order valence-corrected chi connectivity index (χ1v) is 6.68. The number of nitrogens with zero attached hydrogens (tertiary/aromatic N) is 3. The Kier molecular flexibility index (Phi) is 3.45. The molecule has 0 spiro atoms. The molecule has 0 aliphatic carbocycles. The minimum absolute atomic E-state index is 0.0534. The number of hydrogen-bond donors (Lipinski definition) is 0. The molecule has 3 aromatic rings. The predicted octanol–water partition coefficient (Wildman–Crippen LogP) is 4.51. The van der Waals surface area contributed by atoms with Gasteiger partial charge in [0.15, 0.2) is 5.82 Å². The SMILES string of the molecule is O=[N+]([O-])c1ccc2c(Cl)nc(-c3ccccc3Cl)nc2c1. The van der Waals surface area contributed by atoms with E-state index in [0.29, 0.717) is 27.3 Å². The number of halogens is 2. The van der Waals surface area contributed by atoms with Gasteiger partial charge < -0.3 is 0 Å². The highest BCUT2D eigenvalue weighted by Crippen LogP contribution is 2.30. The highest BCUT2D eigenvalue weighted by atomic mass is 35.5.